The Morgan fingerprint density at radius 3 is 3.22 bits per heavy atom. The van der Waals surface area contributed by atoms with Gasteiger partial charge in [-0.05, 0) is 33.5 Å². The molecule has 1 aliphatic rings. The molecule has 0 spiro atoms. The fourth-order valence-corrected chi connectivity index (χ4v) is 3.55. The maximum absolute atomic E-state index is 4.20. The third-order valence-electron chi connectivity index (χ3n) is 3.83. The van der Waals surface area contributed by atoms with E-state index in [9.17, 15) is 0 Å². The summed E-state index contributed by atoms with van der Waals surface area (Å²) in [5.74, 6) is 0. The highest BCUT2D eigenvalue weighted by atomic mass is 32.1. The molecule has 5 heteroatoms. The molecule has 18 heavy (non-hydrogen) atoms. The molecule has 1 fully saturated rings. The molecule has 3 heterocycles. The van der Waals surface area contributed by atoms with E-state index in [1.807, 2.05) is 12.5 Å². The fourth-order valence-electron chi connectivity index (χ4n) is 2.71. The van der Waals surface area contributed by atoms with Crippen molar-refractivity contribution in [3.8, 4) is 0 Å². The van der Waals surface area contributed by atoms with E-state index in [1.54, 1.807) is 11.3 Å². The molecule has 1 atom stereocenters. The van der Waals surface area contributed by atoms with Gasteiger partial charge in [0.1, 0.15) is 11.2 Å². The maximum Gasteiger partial charge on any atom is 0.119 e. The summed E-state index contributed by atoms with van der Waals surface area (Å²) in [4.78, 5) is 10.4. The smallest absolute Gasteiger partial charge is 0.119 e. The number of likely N-dealkylation sites (tertiary alicyclic amines) is 1. The Kier molecular flexibility index (Phi) is 3.37. The van der Waals surface area contributed by atoms with E-state index in [2.05, 4.69) is 38.7 Å². The van der Waals surface area contributed by atoms with Crippen LogP contribution in [0.4, 0.5) is 0 Å². The van der Waals surface area contributed by atoms with E-state index in [-0.39, 0.29) is 0 Å². The number of rotatable bonds is 3. The summed E-state index contributed by atoms with van der Waals surface area (Å²) in [6.45, 7) is 3.44. The maximum atomic E-state index is 4.20. The van der Waals surface area contributed by atoms with Crippen molar-refractivity contribution in [2.75, 3.05) is 27.2 Å². The minimum absolute atomic E-state index is 0.704. The summed E-state index contributed by atoms with van der Waals surface area (Å²) in [6.07, 6.45) is 6.50. The molecule has 2 aromatic heterocycles. The first-order chi connectivity index (χ1) is 8.74. The number of aromatic nitrogens is 2. The van der Waals surface area contributed by atoms with E-state index in [4.69, 9.17) is 0 Å². The van der Waals surface area contributed by atoms with Crippen molar-refractivity contribution in [1.82, 2.24) is 19.2 Å². The first kappa shape index (κ1) is 12.1. The normalized spacial score (nSPS) is 22.1. The van der Waals surface area contributed by atoms with Crippen LogP contribution in [0.25, 0.3) is 4.83 Å². The van der Waals surface area contributed by atoms with Crippen molar-refractivity contribution in [2.24, 2.45) is 0 Å². The van der Waals surface area contributed by atoms with Crippen molar-refractivity contribution in [3.05, 3.63) is 23.6 Å². The Bertz CT molecular complexity index is 516. The molecule has 0 amide bonds. The van der Waals surface area contributed by atoms with E-state index in [0.29, 0.717) is 6.04 Å². The zero-order chi connectivity index (χ0) is 12.5. The molecule has 0 aliphatic carbocycles. The van der Waals surface area contributed by atoms with Crippen LogP contribution in [0.2, 0.25) is 0 Å². The molecule has 4 nitrogen and oxygen atoms in total. The van der Waals surface area contributed by atoms with E-state index < -0.39 is 0 Å². The first-order valence-corrected chi connectivity index (χ1v) is 7.39. The van der Waals surface area contributed by atoms with Gasteiger partial charge < -0.3 is 4.90 Å². The summed E-state index contributed by atoms with van der Waals surface area (Å²) < 4.78 is 2.21. The summed E-state index contributed by atoms with van der Waals surface area (Å²) in [5, 5.41) is 2.26. The van der Waals surface area contributed by atoms with E-state index in [0.717, 1.165) is 6.54 Å². The fraction of sp³-hybridized carbons (Fsp3) is 0.615. The lowest BCUT2D eigenvalue weighted by molar-refractivity contribution is 0.126. The molecule has 2 aromatic rings. The SMILES string of the molecule is CN(C)C1CCCN(Cc2csc3cncn23)C1. The van der Waals surface area contributed by atoms with Gasteiger partial charge in [0, 0.05) is 30.2 Å². The second-order valence-electron chi connectivity index (χ2n) is 5.32. The van der Waals surface area contributed by atoms with Gasteiger partial charge in [0.25, 0.3) is 0 Å². The van der Waals surface area contributed by atoms with E-state index in [1.165, 1.54) is 36.5 Å². The molecule has 1 aliphatic heterocycles. The zero-order valence-corrected chi connectivity index (χ0v) is 11.9. The molecular formula is C13H20N4S. The van der Waals surface area contributed by atoms with Crippen LogP contribution in [0.1, 0.15) is 18.5 Å². The van der Waals surface area contributed by atoms with Gasteiger partial charge in [-0.3, -0.25) is 9.30 Å². The van der Waals surface area contributed by atoms with Crippen LogP contribution in [0.5, 0.6) is 0 Å². The number of hydrogen-bond acceptors (Lipinski definition) is 4. The Morgan fingerprint density at radius 2 is 2.39 bits per heavy atom. The number of fused-ring (bicyclic) bond motifs is 1. The van der Waals surface area contributed by atoms with Crippen LogP contribution in [0, 0.1) is 0 Å². The van der Waals surface area contributed by atoms with Crippen LogP contribution in [0.15, 0.2) is 17.9 Å². The van der Waals surface area contributed by atoms with Gasteiger partial charge in [0.2, 0.25) is 0 Å². The van der Waals surface area contributed by atoms with Crippen LogP contribution in [-0.2, 0) is 6.54 Å². The Morgan fingerprint density at radius 1 is 1.50 bits per heavy atom. The largest absolute Gasteiger partial charge is 0.305 e. The number of nitrogens with zero attached hydrogens (tertiary/aromatic N) is 4. The molecule has 3 rings (SSSR count). The van der Waals surface area contributed by atoms with Crippen molar-refractivity contribution in [2.45, 2.75) is 25.4 Å². The summed E-state index contributed by atoms with van der Waals surface area (Å²) in [5.41, 5.74) is 1.37. The van der Waals surface area contributed by atoms with Crippen LogP contribution >= 0.6 is 11.3 Å². The average molecular weight is 264 g/mol. The van der Waals surface area contributed by atoms with Gasteiger partial charge >= 0.3 is 0 Å². The van der Waals surface area contributed by atoms with Crippen molar-refractivity contribution >= 4 is 16.2 Å². The second-order valence-corrected chi connectivity index (χ2v) is 6.21. The number of piperidine rings is 1. The standard InChI is InChI=1S/C13H20N4S/c1-15(2)11-4-3-5-16(7-11)8-12-9-18-13-6-14-10-17(12)13/h6,9-11H,3-5,7-8H2,1-2H3. The summed E-state index contributed by atoms with van der Waals surface area (Å²) in [7, 11) is 4.37. The minimum atomic E-state index is 0.704. The number of thiazole rings is 1. The highest BCUT2D eigenvalue weighted by Gasteiger charge is 2.22. The molecule has 0 saturated carbocycles. The highest BCUT2D eigenvalue weighted by Crippen LogP contribution is 2.20. The van der Waals surface area contributed by atoms with Gasteiger partial charge in [-0.2, -0.15) is 0 Å². The third kappa shape index (κ3) is 2.30. The van der Waals surface area contributed by atoms with Crippen LogP contribution < -0.4 is 0 Å². The van der Waals surface area contributed by atoms with Crippen LogP contribution in [0.3, 0.4) is 0 Å². The van der Waals surface area contributed by atoms with Crippen LogP contribution in [-0.4, -0.2) is 52.4 Å². The lowest BCUT2D eigenvalue weighted by Crippen LogP contribution is -2.44. The average Bonchev–Trinajstić information content (AvgIpc) is 2.94. The molecule has 0 aromatic carbocycles. The number of hydrogen-bond donors (Lipinski definition) is 0. The summed E-state index contributed by atoms with van der Waals surface area (Å²) >= 11 is 1.78. The third-order valence-corrected chi connectivity index (χ3v) is 4.76. The Labute approximate surface area is 112 Å². The van der Waals surface area contributed by atoms with Gasteiger partial charge in [0.15, 0.2) is 0 Å². The second kappa shape index (κ2) is 4.99. The Balaban J connectivity index is 1.71. The molecule has 1 saturated heterocycles. The topological polar surface area (TPSA) is 23.8 Å². The van der Waals surface area contributed by atoms with Crippen molar-refractivity contribution in [1.29, 1.82) is 0 Å². The van der Waals surface area contributed by atoms with Crippen molar-refractivity contribution in [3.63, 3.8) is 0 Å². The van der Waals surface area contributed by atoms with Gasteiger partial charge in [-0.1, -0.05) is 0 Å². The lowest BCUT2D eigenvalue weighted by atomic mass is 10.0. The molecule has 0 N–H and O–H groups in total. The lowest BCUT2D eigenvalue weighted by Gasteiger charge is -2.35. The molecular weight excluding hydrogens is 244 g/mol. The molecule has 98 valence electrons. The van der Waals surface area contributed by atoms with Crippen molar-refractivity contribution < 1.29 is 0 Å². The molecule has 0 radical (unpaired) electrons. The minimum Gasteiger partial charge on any atom is -0.305 e. The molecule has 1 unspecified atom stereocenters. The number of likely N-dealkylation sites (N-methyl/N-ethyl adjacent to an activating group) is 1. The predicted octanol–water partition coefficient (Wildman–Crippen LogP) is 1.92. The van der Waals surface area contributed by atoms with Gasteiger partial charge in [-0.15, -0.1) is 11.3 Å². The van der Waals surface area contributed by atoms with Gasteiger partial charge in [-0.25, -0.2) is 4.98 Å². The predicted molar refractivity (Wildman–Crippen MR) is 75.1 cm³/mol. The summed E-state index contributed by atoms with van der Waals surface area (Å²) in [6, 6.07) is 0.704. The van der Waals surface area contributed by atoms with E-state index >= 15 is 0 Å². The quantitative estimate of drug-likeness (QED) is 0.846. The monoisotopic (exact) mass is 264 g/mol. The van der Waals surface area contributed by atoms with Gasteiger partial charge in [0.05, 0.1) is 6.20 Å². The zero-order valence-electron chi connectivity index (χ0n) is 11.0. The Hall–Kier alpha value is -0.910. The molecule has 0 bridgehead atoms. The highest BCUT2D eigenvalue weighted by molar-refractivity contribution is 7.15. The number of imidazole rings is 1. The first-order valence-electron chi connectivity index (χ1n) is 6.51.